The maximum atomic E-state index is 2.49. The van der Waals surface area contributed by atoms with Gasteiger partial charge in [0, 0.05) is 45.7 Å². The predicted molar refractivity (Wildman–Crippen MR) is 104 cm³/mol. The first-order chi connectivity index (χ1) is 11.7. The second-order valence-corrected chi connectivity index (χ2v) is 6.91. The van der Waals surface area contributed by atoms with Gasteiger partial charge < -0.3 is 9.13 Å². The first kappa shape index (κ1) is 13.7. The van der Waals surface area contributed by atoms with Crippen LogP contribution in [-0.2, 0) is 7.05 Å². The van der Waals surface area contributed by atoms with Crippen molar-refractivity contribution in [3.05, 3.63) is 60.7 Å². The summed E-state index contributed by atoms with van der Waals surface area (Å²) in [4.78, 5) is 0. The van der Waals surface area contributed by atoms with Crippen molar-refractivity contribution in [3.8, 4) is 0 Å². The summed E-state index contributed by atoms with van der Waals surface area (Å²) in [7, 11) is 2.19. The van der Waals surface area contributed by atoms with E-state index in [1.54, 1.807) is 0 Å². The summed E-state index contributed by atoms with van der Waals surface area (Å²) in [6.07, 6.45) is 0. The van der Waals surface area contributed by atoms with Gasteiger partial charge in [-0.05, 0) is 26.0 Å². The second-order valence-electron chi connectivity index (χ2n) is 6.91. The van der Waals surface area contributed by atoms with E-state index in [1.807, 2.05) is 0 Å². The smallest absolute Gasteiger partial charge is 0.0741 e. The van der Waals surface area contributed by atoms with E-state index in [1.165, 1.54) is 43.6 Å². The van der Waals surface area contributed by atoms with E-state index in [4.69, 9.17) is 0 Å². The molecule has 0 saturated heterocycles. The SMILES string of the molecule is CC(C)n1c2ccccc2c2ccc3c4ccccc4n(C)c3c21. The molecule has 0 N–H and O–H groups in total. The third-order valence-corrected chi connectivity index (χ3v) is 5.25. The van der Waals surface area contributed by atoms with Gasteiger partial charge in [0.05, 0.1) is 11.0 Å². The molecule has 3 aromatic carbocycles. The molecule has 2 heterocycles. The average Bonchev–Trinajstić information content (AvgIpc) is 3.08. The number of benzene rings is 3. The quantitative estimate of drug-likeness (QED) is 0.358. The monoisotopic (exact) mass is 312 g/mol. The van der Waals surface area contributed by atoms with Gasteiger partial charge in [0.2, 0.25) is 0 Å². The Morgan fingerprint density at radius 2 is 1.17 bits per heavy atom. The number of aryl methyl sites for hydroxylation is 1. The van der Waals surface area contributed by atoms with E-state index in [0.29, 0.717) is 6.04 Å². The molecule has 5 aromatic rings. The lowest BCUT2D eigenvalue weighted by Crippen LogP contribution is -2.01. The van der Waals surface area contributed by atoms with Crippen molar-refractivity contribution in [1.29, 1.82) is 0 Å². The van der Waals surface area contributed by atoms with Crippen LogP contribution in [0.5, 0.6) is 0 Å². The van der Waals surface area contributed by atoms with E-state index < -0.39 is 0 Å². The summed E-state index contributed by atoms with van der Waals surface area (Å²) in [5, 5.41) is 5.36. The molecule has 2 nitrogen and oxygen atoms in total. The van der Waals surface area contributed by atoms with E-state index in [2.05, 4.69) is 90.7 Å². The van der Waals surface area contributed by atoms with Crippen molar-refractivity contribution >= 4 is 43.6 Å². The minimum absolute atomic E-state index is 0.413. The Morgan fingerprint density at radius 3 is 1.83 bits per heavy atom. The fourth-order valence-corrected chi connectivity index (χ4v) is 4.28. The average molecular weight is 312 g/mol. The summed E-state index contributed by atoms with van der Waals surface area (Å²) in [6, 6.07) is 22.4. The maximum absolute atomic E-state index is 2.49. The van der Waals surface area contributed by atoms with Crippen LogP contribution in [0.4, 0.5) is 0 Å². The highest BCUT2D eigenvalue weighted by atomic mass is 15.0. The first-order valence-electron chi connectivity index (χ1n) is 8.57. The van der Waals surface area contributed by atoms with Gasteiger partial charge in [-0.15, -0.1) is 0 Å². The highest BCUT2D eigenvalue weighted by molar-refractivity contribution is 6.22. The van der Waals surface area contributed by atoms with Crippen molar-refractivity contribution in [2.45, 2.75) is 19.9 Å². The Hall–Kier alpha value is -2.74. The molecule has 0 aliphatic heterocycles. The molecule has 0 aliphatic carbocycles. The fourth-order valence-electron chi connectivity index (χ4n) is 4.28. The van der Waals surface area contributed by atoms with Gasteiger partial charge in [0.1, 0.15) is 0 Å². The van der Waals surface area contributed by atoms with E-state index >= 15 is 0 Å². The Balaban J connectivity index is 2.16. The van der Waals surface area contributed by atoms with Gasteiger partial charge in [-0.2, -0.15) is 0 Å². The lowest BCUT2D eigenvalue weighted by molar-refractivity contribution is 0.643. The molecule has 2 aromatic heterocycles. The molecule has 0 spiro atoms. The number of para-hydroxylation sites is 2. The molecule has 24 heavy (non-hydrogen) atoms. The number of hydrogen-bond acceptors (Lipinski definition) is 0. The van der Waals surface area contributed by atoms with Crippen LogP contribution in [0.1, 0.15) is 19.9 Å². The number of aromatic nitrogens is 2. The molecule has 0 fully saturated rings. The van der Waals surface area contributed by atoms with Crippen LogP contribution in [0.15, 0.2) is 60.7 Å². The molecule has 0 aliphatic rings. The predicted octanol–water partition coefficient (Wildman–Crippen LogP) is 6.02. The van der Waals surface area contributed by atoms with Crippen LogP contribution >= 0.6 is 0 Å². The molecule has 0 amide bonds. The van der Waals surface area contributed by atoms with Crippen LogP contribution < -0.4 is 0 Å². The Morgan fingerprint density at radius 1 is 0.625 bits per heavy atom. The van der Waals surface area contributed by atoms with Crippen molar-refractivity contribution < 1.29 is 0 Å². The van der Waals surface area contributed by atoms with Gasteiger partial charge in [0.15, 0.2) is 0 Å². The summed E-state index contributed by atoms with van der Waals surface area (Å²) in [5.41, 5.74) is 5.29. The van der Waals surface area contributed by atoms with Crippen molar-refractivity contribution in [2.75, 3.05) is 0 Å². The standard InChI is InChI=1S/C22H20N2/c1-14(2)24-20-11-7-5-9-16(20)18-13-12-17-15-8-4-6-10-19(15)23(3)21(17)22(18)24/h4-14H,1-3H3. The minimum Gasteiger partial charge on any atom is -0.342 e. The van der Waals surface area contributed by atoms with Gasteiger partial charge >= 0.3 is 0 Å². The lowest BCUT2D eigenvalue weighted by atomic mass is 10.1. The van der Waals surface area contributed by atoms with Gasteiger partial charge in [-0.1, -0.05) is 48.5 Å². The molecule has 0 saturated carbocycles. The molecule has 0 unspecified atom stereocenters. The maximum Gasteiger partial charge on any atom is 0.0741 e. The summed E-state index contributed by atoms with van der Waals surface area (Å²) < 4.78 is 4.84. The summed E-state index contributed by atoms with van der Waals surface area (Å²) in [5.74, 6) is 0. The number of hydrogen-bond donors (Lipinski definition) is 0. The first-order valence-corrected chi connectivity index (χ1v) is 8.57. The Bertz CT molecular complexity index is 1240. The van der Waals surface area contributed by atoms with Gasteiger partial charge in [-0.3, -0.25) is 0 Å². The van der Waals surface area contributed by atoms with Crippen LogP contribution in [-0.4, -0.2) is 9.13 Å². The zero-order valence-electron chi connectivity index (χ0n) is 14.2. The zero-order valence-corrected chi connectivity index (χ0v) is 14.2. The molecular weight excluding hydrogens is 292 g/mol. The Kier molecular flexibility index (Phi) is 2.64. The fraction of sp³-hybridized carbons (Fsp3) is 0.182. The zero-order chi connectivity index (χ0) is 16.4. The largest absolute Gasteiger partial charge is 0.342 e. The van der Waals surface area contributed by atoms with Crippen LogP contribution in [0.3, 0.4) is 0 Å². The van der Waals surface area contributed by atoms with E-state index in [0.717, 1.165) is 0 Å². The number of rotatable bonds is 1. The number of nitrogens with zero attached hydrogens (tertiary/aromatic N) is 2. The highest BCUT2D eigenvalue weighted by Crippen LogP contribution is 2.39. The third-order valence-electron chi connectivity index (χ3n) is 5.25. The van der Waals surface area contributed by atoms with Crippen LogP contribution in [0.25, 0.3) is 43.6 Å². The number of fused-ring (bicyclic) bond motifs is 7. The third kappa shape index (κ3) is 1.56. The molecular formula is C22H20N2. The normalized spacial score (nSPS) is 12.3. The Labute approximate surface area is 140 Å². The summed E-state index contributed by atoms with van der Waals surface area (Å²) >= 11 is 0. The molecule has 118 valence electrons. The second kappa shape index (κ2) is 4.64. The minimum atomic E-state index is 0.413. The van der Waals surface area contributed by atoms with Gasteiger partial charge in [0.25, 0.3) is 0 Å². The summed E-state index contributed by atoms with van der Waals surface area (Å²) in [6.45, 7) is 4.54. The molecule has 0 bridgehead atoms. The van der Waals surface area contributed by atoms with E-state index in [-0.39, 0.29) is 0 Å². The lowest BCUT2D eigenvalue weighted by Gasteiger charge is -2.13. The molecule has 0 radical (unpaired) electrons. The molecule has 0 atom stereocenters. The topological polar surface area (TPSA) is 9.86 Å². The van der Waals surface area contributed by atoms with Gasteiger partial charge in [-0.25, -0.2) is 0 Å². The van der Waals surface area contributed by atoms with Crippen molar-refractivity contribution in [3.63, 3.8) is 0 Å². The van der Waals surface area contributed by atoms with E-state index in [9.17, 15) is 0 Å². The molecule has 5 rings (SSSR count). The van der Waals surface area contributed by atoms with Crippen molar-refractivity contribution in [1.82, 2.24) is 9.13 Å². The molecule has 2 heteroatoms. The highest BCUT2D eigenvalue weighted by Gasteiger charge is 2.18. The van der Waals surface area contributed by atoms with Crippen LogP contribution in [0.2, 0.25) is 0 Å². The van der Waals surface area contributed by atoms with Crippen molar-refractivity contribution in [2.24, 2.45) is 7.05 Å². The van der Waals surface area contributed by atoms with Crippen LogP contribution in [0, 0.1) is 0 Å².